The minimum Gasteiger partial charge on any atom is -0.397 e. The molecule has 2 aromatic rings. The third-order valence-corrected chi connectivity index (χ3v) is 5.88. The van der Waals surface area contributed by atoms with E-state index in [2.05, 4.69) is 12.2 Å². The second kappa shape index (κ2) is 5.85. The lowest BCUT2D eigenvalue weighted by Crippen LogP contribution is -2.30. The van der Waals surface area contributed by atoms with Crippen LogP contribution >= 0.6 is 22.9 Å². The van der Waals surface area contributed by atoms with E-state index in [0.29, 0.717) is 27.4 Å². The van der Waals surface area contributed by atoms with Crippen LogP contribution in [0.1, 0.15) is 35.9 Å². The van der Waals surface area contributed by atoms with E-state index < -0.39 is 0 Å². The highest BCUT2D eigenvalue weighted by atomic mass is 35.5. The van der Waals surface area contributed by atoms with Crippen LogP contribution in [0.2, 0.25) is 5.02 Å². The van der Waals surface area contributed by atoms with Crippen molar-refractivity contribution in [1.82, 2.24) is 5.32 Å². The number of thiophene rings is 1. The molecule has 3 nitrogen and oxygen atoms in total. The van der Waals surface area contributed by atoms with Crippen LogP contribution in [0, 0.1) is 11.8 Å². The Morgan fingerprint density at radius 2 is 2.29 bits per heavy atom. The Labute approximate surface area is 133 Å². The summed E-state index contributed by atoms with van der Waals surface area (Å²) in [5.41, 5.74) is 6.65. The van der Waals surface area contributed by atoms with Crippen molar-refractivity contribution in [3.63, 3.8) is 0 Å². The van der Waals surface area contributed by atoms with Crippen LogP contribution in [-0.2, 0) is 0 Å². The number of nitrogens with one attached hydrogen (secondary N) is 1. The molecule has 5 heteroatoms. The Morgan fingerprint density at radius 1 is 1.48 bits per heavy atom. The summed E-state index contributed by atoms with van der Waals surface area (Å²) in [6.07, 6.45) is 3.74. The van der Waals surface area contributed by atoms with Crippen LogP contribution in [0.25, 0.3) is 10.1 Å². The zero-order chi connectivity index (χ0) is 15.0. The van der Waals surface area contributed by atoms with E-state index in [4.69, 9.17) is 17.3 Å². The molecular weight excluding hydrogens is 304 g/mol. The number of carbonyl (C=O) groups excluding carboxylic acids is 1. The summed E-state index contributed by atoms with van der Waals surface area (Å²) in [7, 11) is 0. The first-order chi connectivity index (χ1) is 10.1. The normalized spacial score (nSPS) is 21.8. The summed E-state index contributed by atoms with van der Waals surface area (Å²) in [4.78, 5) is 13.0. The van der Waals surface area contributed by atoms with Crippen molar-refractivity contribution in [2.75, 3.05) is 12.3 Å². The maximum absolute atomic E-state index is 12.4. The van der Waals surface area contributed by atoms with Crippen molar-refractivity contribution < 1.29 is 4.79 Å². The summed E-state index contributed by atoms with van der Waals surface area (Å²) in [6, 6.07) is 5.55. The van der Waals surface area contributed by atoms with Gasteiger partial charge < -0.3 is 11.1 Å². The number of hydrogen-bond acceptors (Lipinski definition) is 3. The van der Waals surface area contributed by atoms with Crippen LogP contribution in [-0.4, -0.2) is 12.5 Å². The number of carbonyl (C=O) groups is 1. The topological polar surface area (TPSA) is 55.1 Å². The Hall–Kier alpha value is -1.26. The van der Waals surface area contributed by atoms with Gasteiger partial charge in [-0.3, -0.25) is 4.79 Å². The molecule has 21 heavy (non-hydrogen) atoms. The first-order valence-electron chi connectivity index (χ1n) is 7.32. The lowest BCUT2D eigenvalue weighted by molar-refractivity contribution is 0.0949. The molecule has 3 rings (SSSR count). The Balaban J connectivity index is 1.76. The van der Waals surface area contributed by atoms with Gasteiger partial charge in [0, 0.05) is 21.7 Å². The van der Waals surface area contributed by atoms with Gasteiger partial charge >= 0.3 is 0 Å². The molecule has 2 atom stereocenters. The summed E-state index contributed by atoms with van der Waals surface area (Å²) in [5, 5.41) is 4.55. The predicted octanol–water partition coefficient (Wildman–Crippen LogP) is 4.30. The molecule has 0 bridgehead atoms. The van der Waals surface area contributed by atoms with Crippen molar-refractivity contribution in [2.45, 2.75) is 26.2 Å². The Bertz CT molecular complexity index is 682. The van der Waals surface area contributed by atoms with E-state index in [0.717, 1.165) is 16.6 Å². The lowest BCUT2D eigenvalue weighted by atomic mass is 9.98. The molecule has 1 saturated carbocycles. The molecule has 1 aliphatic rings. The quantitative estimate of drug-likeness (QED) is 0.885. The maximum Gasteiger partial charge on any atom is 0.263 e. The number of amides is 1. The standard InChI is InChI=1S/C16H19ClN2OS/c1-9-3-2-4-10(9)8-19-16(20)15-14(18)12-7-11(17)5-6-13(12)21-15/h5-7,9-10H,2-4,8,18H2,1H3,(H,19,20). The average molecular weight is 323 g/mol. The molecule has 1 aliphatic carbocycles. The monoisotopic (exact) mass is 322 g/mol. The van der Waals surface area contributed by atoms with Gasteiger partial charge in [-0.15, -0.1) is 11.3 Å². The van der Waals surface area contributed by atoms with Gasteiger partial charge in [-0.2, -0.15) is 0 Å². The Kier molecular flexibility index (Phi) is 4.09. The maximum atomic E-state index is 12.4. The predicted molar refractivity (Wildman–Crippen MR) is 90.1 cm³/mol. The van der Waals surface area contributed by atoms with Crippen LogP contribution < -0.4 is 11.1 Å². The zero-order valence-electron chi connectivity index (χ0n) is 12.0. The molecule has 1 aromatic carbocycles. The van der Waals surface area contributed by atoms with E-state index in [9.17, 15) is 4.79 Å². The number of nitrogens with two attached hydrogens (primary N) is 1. The summed E-state index contributed by atoms with van der Waals surface area (Å²) in [5.74, 6) is 1.23. The van der Waals surface area contributed by atoms with Gasteiger partial charge in [-0.1, -0.05) is 31.4 Å². The van der Waals surface area contributed by atoms with E-state index >= 15 is 0 Å². The van der Waals surface area contributed by atoms with Crippen LogP contribution in [0.3, 0.4) is 0 Å². The summed E-state index contributed by atoms with van der Waals surface area (Å²) < 4.78 is 0.997. The van der Waals surface area contributed by atoms with Gasteiger partial charge in [-0.25, -0.2) is 0 Å². The highest BCUT2D eigenvalue weighted by Gasteiger charge is 2.24. The summed E-state index contributed by atoms with van der Waals surface area (Å²) in [6.45, 7) is 3.01. The van der Waals surface area contributed by atoms with Crippen molar-refractivity contribution in [3.05, 3.63) is 28.1 Å². The van der Waals surface area contributed by atoms with Gasteiger partial charge in [-0.05, 0) is 36.5 Å². The van der Waals surface area contributed by atoms with Gasteiger partial charge in [0.15, 0.2) is 0 Å². The second-order valence-corrected chi connectivity index (χ2v) is 7.35. The first-order valence-corrected chi connectivity index (χ1v) is 8.51. The molecule has 112 valence electrons. The highest BCUT2D eigenvalue weighted by molar-refractivity contribution is 7.21. The highest BCUT2D eigenvalue weighted by Crippen LogP contribution is 2.35. The van der Waals surface area contributed by atoms with E-state index in [1.165, 1.54) is 30.6 Å². The van der Waals surface area contributed by atoms with Gasteiger partial charge in [0.05, 0.1) is 5.69 Å². The molecule has 0 aliphatic heterocycles. The van der Waals surface area contributed by atoms with Crippen LogP contribution in [0.4, 0.5) is 5.69 Å². The molecule has 2 unspecified atom stereocenters. The van der Waals surface area contributed by atoms with Gasteiger partial charge in [0.2, 0.25) is 0 Å². The van der Waals surface area contributed by atoms with E-state index in [1.807, 2.05) is 18.2 Å². The number of halogens is 1. The smallest absolute Gasteiger partial charge is 0.263 e. The van der Waals surface area contributed by atoms with Gasteiger partial charge in [0.1, 0.15) is 4.88 Å². The molecule has 1 fully saturated rings. The Morgan fingerprint density at radius 3 is 3.00 bits per heavy atom. The minimum atomic E-state index is -0.0658. The minimum absolute atomic E-state index is 0.0658. The number of hydrogen-bond donors (Lipinski definition) is 2. The third-order valence-electron chi connectivity index (χ3n) is 4.46. The van der Waals surface area contributed by atoms with Gasteiger partial charge in [0.25, 0.3) is 5.91 Å². The van der Waals surface area contributed by atoms with Crippen molar-refractivity contribution >= 4 is 44.6 Å². The zero-order valence-corrected chi connectivity index (χ0v) is 13.6. The number of fused-ring (bicyclic) bond motifs is 1. The molecule has 0 saturated heterocycles. The molecule has 3 N–H and O–H groups in total. The molecule has 1 aromatic heterocycles. The third kappa shape index (κ3) is 2.87. The summed E-state index contributed by atoms with van der Waals surface area (Å²) >= 11 is 7.42. The molecular formula is C16H19ClN2OS. The molecule has 0 spiro atoms. The van der Waals surface area contributed by atoms with E-state index in [-0.39, 0.29) is 5.91 Å². The van der Waals surface area contributed by atoms with E-state index in [1.54, 1.807) is 0 Å². The number of rotatable bonds is 3. The fraction of sp³-hybridized carbons (Fsp3) is 0.438. The largest absolute Gasteiger partial charge is 0.397 e. The first kappa shape index (κ1) is 14.7. The lowest BCUT2D eigenvalue weighted by Gasteiger charge is -2.15. The van der Waals surface area contributed by atoms with Crippen molar-refractivity contribution in [3.8, 4) is 0 Å². The average Bonchev–Trinajstić information content (AvgIpc) is 3.01. The molecule has 1 heterocycles. The van der Waals surface area contributed by atoms with Crippen LogP contribution in [0.15, 0.2) is 18.2 Å². The number of benzene rings is 1. The fourth-order valence-corrected chi connectivity index (χ4v) is 4.28. The molecule has 0 radical (unpaired) electrons. The van der Waals surface area contributed by atoms with Crippen molar-refractivity contribution in [1.29, 1.82) is 0 Å². The number of nitrogen functional groups attached to an aromatic ring is 1. The second-order valence-electron chi connectivity index (χ2n) is 5.86. The number of anilines is 1. The molecule has 1 amide bonds. The fourth-order valence-electron chi connectivity index (χ4n) is 3.09. The SMILES string of the molecule is CC1CCCC1CNC(=O)c1sc2ccc(Cl)cc2c1N. The van der Waals surface area contributed by atoms with Crippen molar-refractivity contribution in [2.24, 2.45) is 11.8 Å². The van der Waals surface area contributed by atoms with Crippen LogP contribution in [0.5, 0.6) is 0 Å².